The van der Waals surface area contributed by atoms with Crippen molar-refractivity contribution in [2.24, 2.45) is 23.7 Å². The molecule has 2 saturated carbocycles. The molecule has 17 heavy (non-hydrogen) atoms. The van der Waals surface area contributed by atoms with E-state index < -0.39 is 0 Å². The first kappa shape index (κ1) is 12.0. The molecular formula is C15H27NO. The van der Waals surface area contributed by atoms with Gasteiger partial charge in [-0.05, 0) is 49.4 Å². The zero-order valence-corrected chi connectivity index (χ0v) is 11.3. The lowest BCUT2D eigenvalue weighted by Crippen LogP contribution is -2.50. The maximum absolute atomic E-state index is 10.4. The van der Waals surface area contributed by atoms with Crippen LogP contribution in [0, 0.1) is 23.7 Å². The number of hydrogen-bond acceptors (Lipinski definition) is 2. The van der Waals surface area contributed by atoms with Gasteiger partial charge in [0.05, 0.1) is 6.10 Å². The van der Waals surface area contributed by atoms with Gasteiger partial charge < -0.3 is 5.11 Å². The van der Waals surface area contributed by atoms with Crippen molar-refractivity contribution < 1.29 is 5.11 Å². The molecule has 0 radical (unpaired) electrons. The average molecular weight is 237 g/mol. The summed E-state index contributed by atoms with van der Waals surface area (Å²) in [5.74, 6) is 3.29. The first-order chi connectivity index (χ1) is 8.15. The third-order valence-corrected chi connectivity index (χ3v) is 5.57. The molecule has 3 aliphatic rings. The van der Waals surface area contributed by atoms with Crippen LogP contribution in [0.1, 0.15) is 46.0 Å². The van der Waals surface area contributed by atoms with Crippen LogP contribution in [-0.2, 0) is 0 Å². The molecular weight excluding hydrogens is 210 g/mol. The molecule has 6 unspecified atom stereocenters. The summed E-state index contributed by atoms with van der Waals surface area (Å²) in [5.41, 5.74) is 0. The number of nitrogens with zero attached hydrogens (tertiary/aromatic N) is 1. The molecule has 98 valence electrons. The Morgan fingerprint density at radius 3 is 2.24 bits per heavy atom. The van der Waals surface area contributed by atoms with E-state index in [2.05, 4.69) is 18.7 Å². The molecule has 0 aromatic carbocycles. The van der Waals surface area contributed by atoms with Crippen molar-refractivity contribution >= 4 is 0 Å². The highest BCUT2D eigenvalue weighted by Crippen LogP contribution is 2.42. The van der Waals surface area contributed by atoms with Gasteiger partial charge in [0.25, 0.3) is 0 Å². The van der Waals surface area contributed by atoms with E-state index in [1.165, 1.54) is 38.8 Å². The zero-order chi connectivity index (χ0) is 12.0. The second-order valence-corrected chi connectivity index (χ2v) is 7.02. The number of aliphatic hydroxyl groups is 1. The van der Waals surface area contributed by atoms with E-state index >= 15 is 0 Å². The number of rotatable bonds is 1. The van der Waals surface area contributed by atoms with Crippen LogP contribution in [0.2, 0.25) is 0 Å². The van der Waals surface area contributed by atoms with E-state index in [0.29, 0.717) is 17.9 Å². The molecule has 0 aromatic heterocycles. The van der Waals surface area contributed by atoms with Gasteiger partial charge in [0, 0.05) is 19.1 Å². The molecule has 3 rings (SSSR count). The summed E-state index contributed by atoms with van der Waals surface area (Å²) in [7, 11) is 0. The van der Waals surface area contributed by atoms with Crippen LogP contribution in [0.3, 0.4) is 0 Å². The molecule has 3 fully saturated rings. The van der Waals surface area contributed by atoms with Crippen molar-refractivity contribution in [1.29, 1.82) is 0 Å². The van der Waals surface area contributed by atoms with Gasteiger partial charge >= 0.3 is 0 Å². The molecule has 2 heteroatoms. The van der Waals surface area contributed by atoms with Crippen molar-refractivity contribution in [3.05, 3.63) is 0 Å². The van der Waals surface area contributed by atoms with Crippen LogP contribution in [0.4, 0.5) is 0 Å². The molecule has 1 aliphatic heterocycles. The number of fused-ring (bicyclic) bond motifs is 1. The Morgan fingerprint density at radius 2 is 1.65 bits per heavy atom. The maximum Gasteiger partial charge on any atom is 0.0700 e. The highest BCUT2D eigenvalue weighted by Gasteiger charge is 2.43. The third kappa shape index (κ3) is 2.15. The van der Waals surface area contributed by atoms with E-state index in [-0.39, 0.29) is 6.10 Å². The summed E-state index contributed by atoms with van der Waals surface area (Å²) in [6, 6.07) is 0.455. The smallest absolute Gasteiger partial charge is 0.0700 e. The highest BCUT2D eigenvalue weighted by molar-refractivity contribution is 4.96. The first-order valence-electron chi connectivity index (χ1n) is 7.57. The van der Waals surface area contributed by atoms with E-state index in [4.69, 9.17) is 0 Å². The van der Waals surface area contributed by atoms with Crippen molar-refractivity contribution in [3.63, 3.8) is 0 Å². The van der Waals surface area contributed by atoms with Gasteiger partial charge in [-0.25, -0.2) is 0 Å². The maximum atomic E-state index is 10.4. The van der Waals surface area contributed by atoms with E-state index in [0.717, 1.165) is 18.3 Å². The summed E-state index contributed by atoms with van der Waals surface area (Å²) < 4.78 is 0. The van der Waals surface area contributed by atoms with Crippen LogP contribution in [0.15, 0.2) is 0 Å². The van der Waals surface area contributed by atoms with Crippen LogP contribution in [-0.4, -0.2) is 35.2 Å². The lowest BCUT2D eigenvalue weighted by atomic mass is 9.77. The van der Waals surface area contributed by atoms with Crippen molar-refractivity contribution in [1.82, 2.24) is 4.90 Å². The summed E-state index contributed by atoms with van der Waals surface area (Å²) in [6.45, 7) is 7.17. The number of aliphatic hydroxyl groups excluding tert-OH is 1. The quantitative estimate of drug-likeness (QED) is 0.757. The molecule has 0 amide bonds. The number of likely N-dealkylation sites (tertiary alicyclic amines) is 1. The third-order valence-electron chi connectivity index (χ3n) is 5.57. The zero-order valence-electron chi connectivity index (χ0n) is 11.3. The Kier molecular flexibility index (Phi) is 3.20. The fourth-order valence-electron chi connectivity index (χ4n) is 4.92. The lowest BCUT2D eigenvalue weighted by molar-refractivity contribution is -0.0180. The summed E-state index contributed by atoms with van der Waals surface area (Å²) >= 11 is 0. The van der Waals surface area contributed by atoms with Crippen LogP contribution < -0.4 is 0 Å². The Bertz CT molecular complexity index is 256. The van der Waals surface area contributed by atoms with Gasteiger partial charge in [0.1, 0.15) is 0 Å². The lowest BCUT2D eigenvalue weighted by Gasteiger charge is -2.42. The topological polar surface area (TPSA) is 23.5 Å². The predicted molar refractivity (Wildman–Crippen MR) is 69.8 cm³/mol. The standard InChI is InChI=1S/C15H27NO/c1-10-6-11(2)15(14(17)7-10)16-8-12-4-3-5-13(12)9-16/h10-15,17H,3-9H2,1-2H3. The van der Waals surface area contributed by atoms with Crippen molar-refractivity contribution in [2.75, 3.05) is 13.1 Å². The SMILES string of the molecule is CC1CC(C)C(N2CC3CCCC3C2)C(O)C1. The molecule has 2 nitrogen and oxygen atoms in total. The van der Waals surface area contributed by atoms with Gasteiger partial charge in [0.2, 0.25) is 0 Å². The van der Waals surface area contributed by atoms with Gasteiger partial charge in [-0.2, -0.15) is 0 Å². The van der Waals surface area contributed by atoms with Crippen LogP contribution in [0.25, 0.3) is 0 Å². The summed E-state index contributed by atoms with van der Waals surface area (Å²) in [6.07, 6.45) is 6.56. The Hall–Kier alpha value is -0.0800. The van der Waals surface area contributed by atoms with Gasteiger partial charge in [-0.1, -0.05) is 20.3 Å². The fraction of sp³-hybridized carbons (Fsp3) is 1.00. The normalized spacial score (nSPS) is 51.7. The summed E-state index contributed by atoms with van der Waals surface area (Å²) in [5, 5.41) is 10.4. The molecule has 1 heterocycles. The molecule has 1 N–H and O–H groups in total. The Balaban J connectivity index is 1.67. The molecule has 0 bridgehead atoms. The average Bonchev–Trinajstić information content (AvgIpc) is 2.75. The van der Waals surface area contributed by atoms with Crippen LogP contribution in [0.5, 0.6) is 0 Å². The predicted octanol–water partition coefficient (Wildman–Crippen LogP) is 2.51. The minimum Gasteiger partial charge on any atom is -0.391 e. The molecule has 2 aliphatic carbocycles. The van der Waals surface area contributed by atoms with Crippen molar-refractivity contribution in [2.45, 2.75) is 58.1 Å². The minimum atomic E-state index is -0.0763. The van der Waals surface area contributed by atoms with Crippen LogP contribution >= 0.6 is 0 Å². The van der Waals surface area contributed by atoms with E-state index in [1.54, 1.807) is 0 Å². The van der Waals surface area contributed by atoms with E-state index in [1.807, 2.05) is 0 Å². The first-order valence-corrected chi connectivity index (χ1v) is 7.57. The van der Waals surface area contributed by atoms with Crippen molar-refractivity contribution in [3.8, 4) is 0 Å². The Morgan fingerprint density at radius 1 is 1.00 bits per heavy atom. The highest BCUT2D eigenvalue weighted by atomic mass is 16.3. The molecule has 6 atom stereocenters. The fourth-order valence-corrected chi connectivity index (χ4v) is 4.92. The molecule has 0 spiro atoms. The Labute approximate surface area is 105 Å². The molecule has 1 saturated heterocycles. The van der Waals surface area contributed by atoms with Gasteiger partial charge in [0.15, 0.2) is 0 Å². The van der Waals surface area contributed by atoms with Gasteiger partial charge in [-0.15, -0.1) is 0 Å². The van der Waals surface area contributed by atoms with Gasteiger partial charge in [-0.3, -0.25) is 4.90 Å². The second kappa shape index (κ2) is 4.55. The largest absolute Gasteiger partial charge is 0.391 e. The second-order valence-electron chi connectivity index (χ2n) is 7.02. The minimum absolute atomic E-state index is 0.0763. The summed E-state index contributed by atoms with van der Waals surface area (Å²) in [4.78, 5) is 2.63. The monoisotopic (exact) mass is 237 g/mol. The molecule has 0 aromatic rings. The van der Waals surface area contributed by atoms with E-state index in [9.17, 15) is 5.11 Å². The number of hydrogen-bond donors (Lipinski definition) is 1.